The lowest BCUT2D eigenvalue weighted by atomic mass is 10.0. The van der Waals surface area contributed by atoms with Gasteiger partial charge in [-0.3, -0.25) is 4.98 Å². The van der Waals surface area contributed by atoms with E-state index in [1.807, 2.05) is 32.2 Å². The van der Waals surface area contributed by atoms with Crippen molar-refractivity contribution in [2.75, 3.05) is 0 Å². The monoisotopic (exact) mass is 427 g/mol. The first kappa shape index (κ1) is 19.3. The Hall–Kier alpha value is -3.41. The van der Waals surface area contributed by atoms with E-state index in [0.717, 1.165) is 63.1 Å². The number of carboxylic acid groups (broad SMARTS) is 1. The van der Waals surface area contributed by atoms with Gasteiger partial charge in [-0.05, 0) is 74.6 Å². The van der Waals surface area contributed by atoms with Crippen molar-refractivity contribution in [1.82, 2.24) is 14.7 Å². The van der Waals surface area contributed by atoms with E-state index in [0.29, 0.717) is 5.92 Å². The van der Waals surface area contributed by atoms with Crippen LogP contribution in [-0.4, -0.2) is 25.8 Å². The van der Waals surface area contributed by atoms with Gasteiger partial charge in [-0.15, -0.1) is 0 Å². The van der Waals surface area contributed by atoms with Crippen molar-refractivity contribution in [3.05, 3.63) is 59.7 Å². The molecule has 2 aliphatic carbocycles. The summed E-state index contributed by atoms with van der Waals surface area (Å²) < 4.78 is 7.74. The van der Waals surface area contributed by atoms with Crippen LogP contribution in [-0.2, 0) is 6.54 Å². The molecule has 2 atom stereocenters. The number of fused-ring (bicyclic) bond motifs is 2. The highest BCUT2D eigenvalue weighted by Gasteiger charge is 2.45. The molecule has 6 nitrogen and oxygen atoms in total. The van der Waals surface area contributed by atoms with Crippen LogP contribution in [0.4, 0.5) is 0 Å². The number of pyridine rings is 1. The highest BCUT2D eigenvalue weighted by Crippen LogP contribution is 2.54. The fourth-order valence-corrected chi connectivity index (χ4v) is 5.62. The predicted molar refractivity (Wildman–Crippen MR) is 121 cm³/mol. The number of rotatable bonds is 5. The van der Waals surface area contributed by atoms with Gasteiger partial charge in [0.1, 0.15) is 5.76 Å². The van der Waals surface area contributed by atoms with Gasteiger partial charge < -0.3 is 14.2 Å². The number of aryl methyl sites for hydroxylation is 2. The van der Waals surface area contributed by atoms with E-state index in [2.05, 4.69) is 22.0 Å². The molecule has 1 aromatic carbocycles. The van der Waals surface area contributed by atoms with E-state index in [9.17, 15) is 9.90 Å². The van der Waals surface area contributed by atoms with Crippen molar-refractivity contribution in [3.63, 3.8) is 0 Å². The van der Waals surface area contributed by atoms with Crippen LogP contribution in [0.2, 0.25) is 0 Å². The second-order valence-corrected chi connectivity index (χ2v) is 9.46. The maximum Gasteiger partial charge on any atom is 0.335 e. The van der Waals surface area contributed by atoms with Crippen molar-refractivity contribution >= 4 is 17.0 Å². The summed E-state index contributed by atoms with van der Waals surface area (Å²) in [7, 11) is 0. The Kier molecular flexibility index (Phi) is 4.25. The molecule has 2 aliphatic rings. The van der Waals surface area contributed by atoms with Gasteiger partial charge in [-0.1, -0.05) is 17.3 Å². The van der Waals surface area contributed by atoms with E-state index in [1.54, 1.807) is 12.1 Å². The van der Waals surface area contributed by atoms with Crippen LogP contribution in [0.15, 0.2) is 47.2 Å². The Morgan fingerprint density at radius 1 is 1.12 bits per heavy atom. The molecular formula is C26H25N3O3. The van der Waals surface area contributed by atoms with Crippen LogP contribution in [0.3, 0.4) is 0 Å². The molecule has 0 saturated heterocycles. The van der Waals surface area contributed by atoms with Crippen molar-refractivity contribution in [2.45, 2.75) is 39.7 Å². The third-order valence-electron chi connectivity index (χ3n) is 7.28. The van der Waals surface area contributed by atoms with Crippen LogP contribution < -0.4 is 0 Å². The van der Waals surface area contributed by atoms with E-state index in [4.69, 9.17) is 9.51 Å². The summed E-state index contributed by atoms with van der Waals surface area (Å²) in [6, 6.07) is 9.25. The number of hydrogen-bond acceptors (Lipinski definition) is 4. The molecule has 32 heavy (non-hydrogen) atoms. The van der Waals surface area contributed by atoms with E-state index in [-0.39, 0.29) is 5.56 Å². The molecule has 0 radical (unpaired) electrons. The van der Waals surface area contributed by atoms with Crippen molar-refractivity contribution < 1.29 is 14.4 Å². The van der Waals surface area contributed by atoms with E-state index in [1.165, 1.54) is 19.3 Å². The lowest BCUT2D eigenvalue weighted by Crippen LogP contribution is -2.08. The van der Waals surface area contributed by atoms with E-state index >= 15 is 0 Å². The Bertz CT molecular complexity index is 1320. The first-order valence-corrected chi connectivity index (χ1v) is 11.2. The summed E-state index contributed by atoms with van der Waals surface area (Å²) in [6.07, 6.45) is 8.14. The smallest absolute Gasteiger partial charge is 0.335 e. The number of aromatic carboxylic acids is 1. The predicted octanol–water partition coefficient (Wildman–Crippen LogP) is 5.72. The highest BCUT2D eigenvalue weighted by atomic mass is 16.5. The number of aromatic nitrogens is 3. The molecule has 162 valence electrons. The SMILES string of the molecule is Cc1noc(C)c1-c1cnc2c(-c3ccc(C(=O)O)cc3)cn(CC3CC4CC4C3)c2c1. The average Bonchev–Trinajstić information content (AvgIpc) is 3.07. The number of carboxylic acids is 1. The zero-order valence-corrected chi connectivity index (χ0v) is 18.2. The van der Waals surface area contributed by atoms with Crippen molar-refractivity contribution in [1.29, 1.82) is 0 Å². The standard InChI is InChI=1S/C26H25N3O3/c1-14-24(15(2)32-28-14)21-10-23-25(27-11-21)22(17-3-5-18(6-4-17)26(30)31)13-29(23)12-16-7-19-9-20(19)8-16/h3-6,10-11,13,16,19-20H,7-9,12H2,1-2H3,(H,30,31). The molecule has 1 N–H and O–H groups in total. The molecule has 3 heterocycles. The Morgan fingerprint density at radius 3 is 2.53 bits per heavy atom. The quantitative estimate of drug-likeness (QED) is 0.441. The van der Waals surface area contributed by atoms with Gasteiger partial charge in [-0.2, -0.15) is 0 Å². The fraction of sp³-hybridized carbons (Fsp3) is 0.346. The van der Waals surface area contributed by atoms with Gasteiger partial charge >= 0.3 is 5.97 Å². The summed E-state index contributed by atoms with van der Waals surface area (Å²) in [5.74, 6) is 2.48. The molecule has 6 rings (SSSR count). The summed E-state index contributed by atoms with van der Waals surface area (Å²) in [5.41, 5.74) is 7.21. The summed E-state index contributed by atoms with van der Waals surface area (Å²) >= 11 is 0. The minimum absolute atomic E-state index is 0.288. The number of nitrogens with zero attached hydrogens (tertiary/aromatic N) is 3. The zero-order chi connectivity index (χ0) is 22.0. The van der Waals surface area contributed by atoms with Crippen LogP contribution in [0.1, 0.15) is 41.1 Å². The molecule has 0 spiro atoms. The maximum atomic E-state index is 11.3. The van der Waals surface area contributed by atoms with Gasteiger partial charge in [0.2, 0.25) is 0 Å². The van der Waals surface area contributed by atoms with Crippen LogP contribution in [0.5, 0.6) is 0 Å². The Labute approximate surface area is 185 Å². The molecule has 6 heteroatoms. The highest BCUT2D eigenvalue weighted by molar-refractivity contribution is 5.96. The topological polar surface area (TPSA) is 81.2 Å². The van der Waals surface area contributed by atoms with Gasteiger partial charge in [0, 0.05) is 35.6 Å². The molecule has 0 aliphatic heterocycles. The molecule has 0 amide bonds. The van der Waals surface area contributed by atoms with Crippen molar-refractivity contribution in [3.8, 4) is 22.3 Å². The molecule has 3 aromatic heterocycles. The lowest BCUT2D eigenvalue weighted by Gasteiger charge is -2.14. The average molecular weight is 428 g/mol. The molecular weight excluding hydrogens is 402 g/mol. The first-order valence-electron chi connectivity index (χ1n) is 11.2. The van der Waals surface area contributed by atoms with Gasteiger partial charge in [-0.25, -0.2) is 4.79 Å². The van der Waals surface area contributed by atoms with E-state index < -0.39 is 5.97 Å². The Morgan fingerprint density at radius 2 is 1.88 bits per heavy atom. The number of hydrogen-bond donors (Lipinski definition) is 1. The third kappa shape index (κ3) is 3.13. The molecule has 4 aromatic rings. The summed E-state index contributed by atoms with van der Waals surface area (Å²) in [6.45, 7) is 4.87. The molecule has 0 bridgehead atoms. The molecule has 2 fully saturated rings. The minimum atomic E-state index is -0.916. The fourth-order valence-electron chi connectivity index (χ4n) is 5.62. The summed E-state index contributed by atoms with van der Waals surface area (Å²) in [4.78, 5) is 16.1. The van der Waals surface area contributed by atoms with Crippen LogP contribution in [0, 0.1) is 31.6 Å². The first-order chi connectivity index (χ1) is 15.5. The van der Waals surface area contributed by atoms with Gasteiger partial charge in [0.05, 0.1) is 22.3 Å². The van der Waals surface area contributed by atoms with Crippen LogP contribution in [0.25, 0.3) is 33.3 Å². The minimum Gasteiger partial charge on any atom is -0.478 e. The molecule has 2 saturated carbocycles. The number of benzene rings is 1. The lowest BCUT2D eigenvalue weighted by molar-refractivity contribution is 0.0697. The third-order valence-corrected chi connectivity index (χ3v) is 7.28. The normalized spacial score (nSPS) is 21.8. The maximum absolute atomic E-state index is 11.3. The largest absolute Gasteiger partial charge is 0.478 e. The van der Waals surface area contributed by atoms with Gasteiger partial charge in [0.25, 0.3) is 0 Å². The summed E-state index contributed by atoms with van der Waals surface area (Å²) in [5, 5.41) is 13.4. The molecule has 2 unspecified atom stereocenters. The Balaban J connectivity index is 1.46. The van der Waals surface area contributed by atoms with Gasteiger partial charge in [0.15, 0.2) is 0 Å². The van der Waals surface area contributed by atoms with Crippen molar-refractivity contribution in [2.24, 2.45) is 17.8 Å². The second kappa shape index (κ2) is 7.05. The second-order valence-electron chi connectivity index (χ2n) is 9.46. The van der Waals surface area contributed by atoms with Crippen LogP contribution >= 0.6 is 0 Å². The number of carbonyl (C=O) groups is 1. The zero-order valence-electron chi connectivity index (χ0n) is 18.2.